The predicted molar refractivity (Wildman–Crippen MR) is 314 cm³/mol. The smallest absolute Gasteiger partial charge is 0.000697 e. The van der Waals surface area contributed by atoms with Gasteiger partial charge in [-0.05, 0) is 227 Å². The molecule has 0 radical (unpaired) electrons. The van der Waals surface area contributed by atoms with Gasteiger partial charge in [-0.2, -0.15) is 0 Å². The fraction of sp³-hybridized carbons (Fsp3) is 0.183. The molecule has 13 aromatic rings. The Morgan fingerprint density at radius 3 is 1.25 bits per heavy atom. The van der Waals surface area contributed by atoms with E-state index in [1.165, 1.54) is 164 Å². The minimum atomic E-state index is 0. The Morgan fingerprint density at radius 1 is 0.254 bits per heavy atom. The van der Waals surface area contributed by atoms with Crippen molar-refractivity contribution in [2.24, 2.45) is 0 Å². The topological polar surface area (TPSA) is 0 Å². The van der Waals surface area contributed by atoms with E-state index in [0.29, 0.717) is 0 Å². The van der Waals surface area contributed by atoms with Crippen LogP contribution >= 0.6 is 0 Å². The van der Waals surface area contributed by atoms with Gasteiger partial charge in [0.1, 0.15) is 0 Å². The van der Waals surface area contributed by atoms with Crippen LogP contribution in [0.25, 0.3) is 131 Å². The summed E-state index contributed by atoms with van der Waals surface area (Å²) >= 11 is 0. The molecule has 0 bridgehead atoms. The van der Waals surface area contributed by atoms with Gasteiger partial charge in [0, 0.05) is 0 Å². The average Bonchev–Trinajstić information content (AvgIpc) is 3.83. The summed E-state index contributed by atoms with van der Waals surface area (Å²) in [7, 11) is 0. The van der Waals surface area contributed by atoms with Crippen LogP contribution in [0.1, 0.15) is 82.3 Å². The molecular formula is C71H62. The van der Waals surface area contributed by atoms with Crippen molar-refractivity contribution in [1.82, 2.24) is 0 Å². The van der Waals surface area contributed by atoms with Crippen LogP contribution in [-0.2, 0) is 10.8 Å². The largest absolute Gasteiger partial charge is 0.0776 e. The summed E-state index contributed by atoms with van der Waals surface area (Å²) in [5, 5.41) is 21.1. The van der Waals surface area contributed by atoms with Crippen molar-refractivity contribution in [2.75, 3.05) is 0 Å². The van der Waals surface area contributed by atoms with Crippen LogP contribution in [0, 0.1) is 27.7 Å². The first-order valence-corrected chi connectivity index (χ1v) is 25.2. The lowest BCUT2D eigenvalue weighted by Crippen LogP contribution is -2.12. The zero-order chi connectivity index (χ0) is 48.1. The molecule has 0 heterocycles. The van der Waals surface area contributed by atoms with Crippen molar-refractivity contribution < 1.29 is 0 Å². The molecule has 0 aliphatic rings. The summed E-state index contributed by atoms with van der Waals surface area (Å²) in [6, 6.07) is 65.8. The number of hydrogen-bond acceptors (Lipinski definition) is 0. The van der Waals surface area contributed by atoms with E-state index in [9.17, 15) is 0 Å². The van der Waals surface area contributed by atoms with Crippen LogP contribution < -0.4 is 0 Å². The second-order valence-electron chi connectivity index (χ2n) is 22.6. The molecule has 13 aromatic carbocycles. The van der Waals surface area contributed by atoms with E-state index in [4.69, 9.17) is 0 Å². The summed E-state index contributed by atoms with van der Waals surface area (Å²) in [6.07, 6.45) is 0. The third-order valence-electron chi connectivity index (χ3n) is 16.0. The van der Waals surface area contributed by atoms with Crippen LogP contribution in [-0.4, -0.2) is 0 Å². The quantitative estimate of drug-likeness (QED) is 0.154. The Morgan fingerprint density at radius 2 is 0.704 bits per heavy atom. The lowest BCUT2D eigenvalue weighted by Gasteiger charge is -2.22. The van der Waals surface area contributed by atoms with Crippen LogP contribution in [0.15, 0.2) is 170 Å². The molecule has 0 nitrogen and oxygen atoms in total. The monoisotopic (exact) mass is 914 g/mol. The lowest BCUT2D eigenvalue weighted by atomic mass is 9.82. The molecule has 13 rings (SSSR count). The molecule has 0 saturated heterocycles. The molecule has 0 amide bonds. The SMILES string of the molecule is C.Cc1cc(C(C)(C)C)cc(C)c1-c1ccc2cc3c4c(-c5ccccc5)c5c(cc6c7ccc(-c8c(C)cc(C(C)(C)C)cc8C)cc7c7cccc5c76)c(-c5ccccc5)c4c4cccc(c2c1)c43. The highest BCUT2D eigenvalue weighted by Gasteiger charge is 2.28. The summed E-state index contributed by atoms with van der Waals surface area (Å²) in [5.41, 5.74) is 18.6. The van der Waals surface area contributed by atoms with Gasteiger partial charge in [0.2, 0.25) is 0 Å². The molecule has 0 atom stereocenters. The fourth-order valence-electron chi connectivity index (χ4n) is 12.9. The van der Waals surface area contributed by atoms with Gasteiger partial charge in [0.15, 0.2) is 0 Å². The number of fused-ring (bicyclic) bond motifs is 10. The normalized spacial score (nSPS) is 12.5. The van der Waals surface area contributed by atoms with Crippen LogP contribution in [0.4, 0.5) is 0 Å². The van der Waals surface area contributed by atoms with Crippen molar-refractivity contribution in [3.05, 3.63) is 203 Å². The van der Waals surface area contributed by atoms with Gasteiger partial charge in [0.25, 0.3) is 0 Å². The molecule has 0 N–H and O–H groups in total. The standard InChI is InChI=1S/C70H58.CH4/c1-39-31-48(69(5,6)7)32-40(2)60(39)46-28-27-45-35-58-65-51(55(45)36-46)23-17-26-54(65)67-62(43-19-13-11-14-20-43)59-38-57-50-30-29-47(61-41(3)33-49(34-42(61)4)70(8,9)10)37-56(50)52-24-18-25-53(64(52)57)66(59)63(68(58)67)44-21-15-12-16-22-44;/h11-38H,1-10H3;1H4. The maximum absolute atomic E-state index is 2.57. The zero-order valence-corrected chi connectivity index (χ0v) is 42.2. The van der Waals surface area contributed by atoms with Gasteiger partial charge in [-0.25, -0.2) is 0 Å². The van der Waals surface area contributed by atoms with E-state index >= 15 is 0 Å². The van der Waals surface area contributed by atoms with Gasteiger partial charge in [-0.3, -0.25) is 0 Å². The zero-order valence-electron chi connectivity index (χ0n) is 42.2. The van der Waals surface area contributed by atoms with Gasteiger partial charge in [-0.1, -0.05) is 195 Å². The molecule has 0 saturated carbocycles. The van der Waals surface area contributed by atoms with Crippen LogP contribution in [0.2, 0.25) is 0 Å². The van der Waals surface area contributed by atoms with E-state index in [1.807, 2.05) is 0 Å². The fourth-order valence-corrected chi connectivity index (χ4v) is 12.9. The maximum atomic E-state index is 2.57. The van der Waals surface area contributed by atoms with E-state index in [1.54, 1.807) is 0 Å². The lowest BCUT2D eigenvalue weighted by molar-refractivity contribution is 0.589. The molecular weight excluding hydrogens is 853 g/mol. The summed E-state index contributed by atoms with van der Waals surface area (Å²) in [6.45, 7) is 23.0. The Hall–Kier alpha value is -7.54. The minimum absolute atomic E-state index is 0. The Labute approximate surface area is 419 Å². The highest BCUT2D eigenvalue weighted by molar-refractivity contribution is 6.46. The minimum Gasteiger partial charge on any atom is -0.0776 e. The van der Waals surface area contributed by atoms with Gasteiger partial charge < -0.3 is 0 Å². The molecule has 0 fully saturated rings. The van der Waals surface area contributed by atoms with Crippen molar-refractivity contribution in [1.29, 1.82) is 0 Å². The molecule has 0 aliphatic carbocycles. The highest BCUT2D eigenvalue weighted by atomic mass is 14.3. The van der Waals surface area contributed by atoms with Crippen molar-refractivity contribution >= 4 is 86.2 Å². The van der Waals surface area contributed by atoms with Gasteiger partial charge >= 0.3 is 0 Å². The van der Waals surface area contributed by atoms with E-state index in [-0.39, 0.29) is 18.3 Å². The summed E-state index contributed by atoms with van der Waals surface area (Å²) in [5.74, 6) is 0. The number of benzene rings is 11. The molecule has 0 aromatic heterocycles. The van der Waals surface area contributed by atoms with Crippen LogP contribution in [0.3, 0.4) is 0 Å². The van der Waals surface area contributed by atoms with E-state index in [0.717, 1.165) is 0 Å². The molecule has 0 heteroatoms. The summed E-state index contributed by atoms with van der Waals surface area (Å²) in [4.78, 5) is 0. The van der Waals surface area contributed by atoms with Gasteiger partial charge in [-0.15, -0.1) is 0 Å². The molecule has 0 spiro atoms. The first-order chi connectivity index (χ1) is 33.7. The van der Waals surface area contributed by atoms with Crippen molar-refractivity contribution in [3.8, 4) is 44.5 Å². The molecule has 71 heavy (non-hydrogen) atoms. The van der Waals surface area contributed by atoms with Crippen LogP contribution in [0.5, 0.6) is 0 Å². The van der Waals surface area contributed by atoms with Gasteiger partial charge in [0.05, 0.1) is 0 Å². The predicted octanol–water partition coefficient (Wildman–Crippen LogP) is 20.9. The second-order valence-corrected chi connectivity index (χ2v) is 22.6. The van der Waals surface area contributed by atoms with E-state index in [2.05, 4.69) is 239 Å². The number of aryl methyl sites for hydroxylation is 4. The van der Waals surface area contributed by atoms with Crippen molar-refractivity contribution in [2.45, 2.75) is 87.5 Å². The molecule has 0 aliphatic heterocycles. The number of hydrogen-bond donors (Lipinski definition) is 0. The highest BCUT2D eigenvalue weighted by Crippen LogP contribution is 2.56. The number of rotatable bonds is 4. The average molecular weight is 915 g/mol. The third kappa shape index (κ3) is 6.57. The van der Waals surface area contributed by atoms with Crippen molar-refractivity contribution in [3.63, 3.8) is 0 Å². The second kappa shape index (κ2) is 15.7. The first kappa shape index (κ1) is 44.7. The Kier molecular flexibility index (Phi) is 9.89. The third-order valence-corrected chi connectivity index (χ3v) is 16.0. The Bertz CT molecular complexity index is 4180. The maximum Gasteiger partial charge on any atom is -0.000697 e. The first-order valence-electron chi connectivity index (χ1n) is 25.2. The van der Waals surface area contributed by atoms with E-state index < -0.39 is 0 Å². The summed E-state index contributed by atoms with van der Waals surface area (Å²) < 4.78 is 0. The Balaban J connectivity index is 0.00000517. The molecule has 346 valence electrons. The molecule has 0 unspecified atom stereocenters.